The number of hydrogen-bond acceptors (Lipinski definition) is 4. The van der Waals surface area contributed by atoms with Crippen molar-refractivity contribution >= 4 is 17.5 Å². The fourth-order valence-electron chi connectivity index (χ4n) is 4.60. The zero-order valence-corrected chi connectivity index (χ0v) is 18.2. The van der Waals surface area contributed by atoms with Crippen molar-refractivity contribution in [1.29, 1.82) is 0 Å². The van der Waals surface area contributed by atoms with Crippen LogP contribution < -0.4 is 15.8 Å². The largest absolute Gasteiger partial charge is 0.322 e. The van der Waals surface area contributed by atoms with E-state index in [1.165, 1.54) is 6.07 Å². The number of carbonyl (C=O) groups excluding carboxylic acids is 2. The maximum absolute atomic E-state index is 13.3. The molecule has 1 aromatic heterocycles. The lowest BCUT2D eigenvalue weighted by molar-refractivity contribution is 0.0625. The van der Waals surface area contributed by atoms with Gasteiger partial charge >= 0.3 is 0 Å². The molecule has 0 spiro atoms. The summed E-state index contributed by atoms with van der Waals surface area (Å²) in [7, 11) is 0. The second kappa shape index (κ2) is 7.37. The molecule has 3 heterocycles. The van der Waals surface area contributed by atoms with Crippen LogP contribution in [-0.2, 0) is 0 Å². The molecule has 0 saturated carbocycles. The number of fused-ring (bicyclic) bond motifs is 3. The summed E-state index contributed by atoms with van der Waals surface area (Å²) in [6, 6.07) is 16.3. The van der Waals surface area contributed by atoms with Gasteiger partial charge in [-0.2, -0.15) is 0 Å². The number of nitrogens with one attached hydrogen (secondary N) is 1. The molecule has 2 aromatic carbocycles. The smallest absolute Gasteiger partial charge is 0.274 e. The number of rotatable bonds is 2. The maximum Gasteiger partial charge on any atom is 0.274 e. The summed E-state index contributed by atoms with van der Waals surface area (Å²) < 4.78 is 1.78. The third-order valence-corrected chi connectivity index (χ3v) is 6.28. The van der Waals surface area contributed by atoms with Crippen molar-refractivity contribution in [3.05, 3.63) is 99.0 Å². The molecule has 0 fully saturated rings. The van der Waals surface area contributed by atoms with Gasteiger partial charge in [0.25, 0.3) is 11.8 Å². The normalized spacial score (nSPS) is 17.4. The fraction of sp³-hybridized carbons (Fsp3) is 0.240. The summed E-state index contributed by atoms with van der Waals surface area (Å²) in [4.78, 5) is 40.6. The van der Waals surface area contributed by atoms with Crippen molar-refractivity contribution in [2.75, 3.05) is 17.0 Å². The van der Waals surface area contributed by atoms with E-state index in [1.54, 1.807) is 22.7 Å². The number of amides is 2. The Hall–Kier alpha value is -3.87. The van der Waals surface area contributed by atoms with E-state index in [-0.39, 0.29) is 29.3 Å². The van der Waals surface area contributed by atoms with Crippen LogP contribution >= 0.6 is 0 Å². The Kier molecular flexibility index (Phi) is 4.62. The molecular weight excluding hydrogens is 404 g/mol. The minimum atomic E-state index is -0.351. The van der Waals surface area contributed by atoms with E-state index in [1.807, 2.05) is 62.4 Å². The lowest BCUT2D eigenvalue weighted by atomic mass is 9.94. The number of carbonyl (C=O) groups is 2. The average Bonchev–Trinajstić information content (AvgIpc) is 2.90. The summed E-state index contributed by atoms with van der Waals surface area (Å²) >= 11 is 0. The summed E-state index contributed by atoms with van der Waals surface area (Å²) in [5, 5.41) is 5.09. The SMILES string of the molecule is Cc1c2n(ccc1=O)N(C1c3ccccc3NC(=O)c3ccccc31)CN(C(C)C)C2=O. The monoisotopic (exact) mass is 428 g/mol. The third kappa shape index (κ3) is 2.92. The molecule has 2 amide bonds. The molecule has 1 unspecified atom stereocenters. The Balaban J connectivity index is 1.81. The summed E-state index contributed by atoms with van der Waals surface area (Å²) in [6.07, 6.45) is 1.66. The van der Waals surface area contributed by atoms with Crippen LogP contribution in [0.15, 0.2) is 65.6 Å². The van der Waals surface area contributed by atoms with Gasteiger partial charge in [0.05, 0.1) is 0 Å². The molecule has 0 radical (unpaired) electrons. The first-order valence-corrected chi connectivity index (χ1v) is 10.7. The predicted octanol–water partition coefficient (Wildman–Crippen LogP) is 3.27. The van der Waals surface area contributed by atoms with Crippen molar-refractivity contribution in [2.45, 2.75) is 32.9 Å². The molecule has 3 aromatic rings. The maximum atomic E-state index is 13.3. The molecule has 0 aliphatic carbocycles. The Morgan fingerprint density at radius 1 is 0.938 bits per heavy atom. The highest BCUT2D eigenvalue weighted by Crippen LogP contribution is 2.39. The first kappa shape index (κ1) is 20.1. The number of aromatic nitrogens is 1. The van der Waals surface area contributed by atoms with Gasteiger partial charge in [0.1, 0.15) is 18.4 Å². The second-order valence-electron chi connectivity index (χ2n) is 8.48. The Morgan fingerprint density at radius 2 is 1.62 bits per heavy atom. The van der Waals surface area contributed by atoms with Gasteiger partial charge in [-0.1, -0.05) is 36.4 Å². The molecular formula is C25H24N4O3. The number of nitrogens with zero attached hydrogens (tertiary/aromatic N) is 3. The van der Waals surface area contributed by atoms with Crippen molar-refractivity contribution in [3.63, 3.8) is 0 Å². The number of anilines is 1. The van der Waals surface area contributed by atoms with E-state index in [2.05, 4.69) is 10.3 Å². The molecule has 0 saturated heterocycles. The highest BCUT2D eigenvalue weighted by Gasteiger charge is 2.39. The van der Waals surface area contributed by atoms with E-state index < -0.39 is 0 Å². The van der Waals surface area contributed by atoms with Crippen molar-refractivity contribution in [3.8, 4) is 0 Å². The molecule has 2 aliphatic rings. The van der Waals surface area contributed by atoms with Gasteiger partial charge in [-0.05, 0) is 38.5 Å². The first-order chi connectivity index (χ1) is 15.4. The minimum absolute atomic E-state index is 0.0653. The van der Waals surface area contributed by atoms with E-state index in [9.17, 15) is 14.4 Å². The number of benzene rings is 2. The zero-order chi connectivity index (χ0) is 22.6. The lowest BCUT2D eigenvalue weighted by Gasteiger charge is -2.45. The molecule has 5 rings (SSSR count). The summed E-state index contributed by atoms with van der Waals surface area (Å²) in [5.41, 5.74) is 3.68. The molecule has 162 valence electrons. The topological polar surface area (TPSA) is 74.7 Å². The van der Waals surface area contributed by atoms with Crippen molar-refractivity contribution in [1.82, 2.24) is 9.58 Å². The van der Waals surface area contributed by atoms with Crippen LogP contribution in [0, 0.1) is 6.92 Å². The summed E-state index contributed by atoms with van der Waals surface area (Å²) in [6.45, 7) is 5.92. The highest BCUT2D eigenvalue weighted by atomic mass is 16.2. The Morgan fingerprint density at radius 3 is 2.38 bits per heavy atom. The highest BCUT2D eigenvalue weighted by molar-refractivity contribution is 6.07. The molecule has 7 nitrogen and oxygen atoms in total. The van der Waals surface area contributed by atoms with Crippen LogP contribution in [-0.4, -0.2) is 34.1 Å². The van der Waals surface area contributed by atoms with Crippen LogP contribution in [0.1, 0.15) is 57.4 Å². The minimum Gasteiger partial charge on any atom is -0.322 e. The standard InChI is InChI=1S/C25H24N4O3/c1-15(2)27-14-29(28-13-12-21(30)16(3)22(28)25(27)32)23-17-8-4-5-9-18(17)24(31)26-20-11-7-6-10-19(20)23/h4-13,15,23H,14H2,1-3H3,(H,26,31). The molecule has 2 aliphatic heterocycles. The van der Waals surface area contributed by atoms with Gasteiger partial charge in [0.15, 0.2) is 5.43 Å². The predicted molar refractivity (Wildman–Crippen MR) is 123 cm³/mol. The molecule has 1 N–H and O–H groups in total. The van der Waals surface area contributed by atoms with E-state index in [0.717, 1.165) is 16.8 Å². The van der Waals surface area contributed by atoms with Crippen LogP contribution in [0.5, 0.6) is 0 Å². The Bertz CT molecular complexity index is 1310. The van der Waals surface area contributed by atoms with E-state index in [0.29, 0.717) is 23.5 Å². The average molecular weight is 428 g/mol. The van der Waals surface area contributed by atoms with Gasteiger partial charge < -0.3 is 10.2 Å². The van der Waals surface area contributed by atoms with Crippen LogP contribution in [0.4, 0.5) is 5.69 Å². The van der Waals surface area contributed by atoms with Gasteiger partial charge in [0.2, 0.25) is 0 Å². The number of hydrogen-bond donors (Lipinski definition) is 1. The quantitative estimate of drug-likeness (QED) is 0.680. The van der Waals surface area contributed by atoms with Crippen molar-refractivity contribution in [2.24, 2.45) is 0 Å². The summed E-state index contributed by atoms with van der Waals surface area (Å²) in [5.74, 6) is -0.337. The van der Waals surface area contributed by atoms with Crippen LogP contribution in [0.3, 0.4) is 0 Å². The number of para-hydroxylation sites is 1. The molecule has 1 atom stereocenters. The number of pyridine rings is 1. The molecule has 32 heavy (non-hydrogen) atoms. The Labute approximate surface area is 185 Å². The fourth-order valence-corrected chi connectivity index (χ4v) is 4.60. The van der Waals surface area contributed by atoms with Gasteiger partial charge in [-0.3, -0.25) is 24.1 Å². The van der Waals surface area contributed by atoms with E-state index >= 15 is 0 Å². The van der Waals surface area contributed by atoms with Gasteiger partial charge in [0, 0.05) is 40.7 Å². The van der Waals surface area contributed by atoms with Crippen LogP contribution in [0.2, 0.25) is 0 Å². The molecule has 0 bridgehead atoms. The van der Waals surface area contributed by atoms with Gasteiger partial charge in [-0.15, -0.1) is 0 Å². The van der Waals surface area contributed by atoms with Crippen LogP contribution in [0.25, 0.3) is 0 Å². The van der Waals surface area contributed by atoms with Crippen molar-refractivity contribution < 1.29 is 9.59 Å². The second-order valence-corrected chi connectivity index (χ2v) is 8.48. The van der Waals surface area contributed by atoms with Gasteiger partial charge in [-0.25, -0.2) is 0 Å². The third-order valence-electron chi connectivity index (χ3n) is 6.28. The molecule has 7 heteroatoms. The van der Waals surface area contributed by atoms with E-state index in [4.69, 9.17) is 0 Å². The zero-order valence-electron chi connectivity index (χ0n) is 18.2. The lowest BCUT2D eigenvalue weighted by Crippen LogP contribution is -2.57. The first-order valence-electron chi connectivity index (χ1n) is 10.7.